The summed E-state index contributed by atoms with van der Waals surface area (Å²) >= 11 is 1.37. The maximum Gasteiger partial charge on any atom is 0.267 e. The molecule has 1 amide bonds. The summed E-state index contributed by atoms with van der Waals surface area (Å²) in [5.41, 5.74) is 11.2. The van der Waals surface area contributed by atoms with Crippen molar-refractivity contribution in [2.24, 2.45) is 0 Å². The number of hydrogen-bond acceptors (Lipinski definition) is 5. The molecule has 0 fully saturated rings. The molecular formula is C20H22N4OS. The maximum atomic E-state index is 12.7. The number of carbonyl (C=O) groups is 1. The molecule has 134 valence electrons. The average Bonchev–Trinajstić information content (AvgIpc) is 2.96. The summed E-state index contributed by atoms with van der Waals surface area (Å²) in [7, 11) is 2.10. The molecule has 1 aromatic carbocycles. The van der Waals surface area contributed by atoms with Gasteiger partial charge in [-0.05, 0) is 42.8 Å². The lowest BCUT2D eigenvalue weighted by molar-refractivity contribution is 0.103. The van der Waals surface area contributed by atoms with E-state index in [0.717, 1.165) is 47.5 Å². The fourth-order valence-electron chi connectivity index (χ4n) is 3.32. The molecule has 6 heteroatoms. The van der Waals surface area contributed by atoms with Gasteiger partial charge in [0.2, 0.25) is 0 Å². The van der Waals surface area contributed by atoms with Crippen molar-refractivity contribution in [2.45, 2.75) is 26.3 Å². The molecule has 5 nitrogen and oxygen atoms in total. The van der Waals surface area contributed by atoms with Crippen LogP contribution < -0.4 is 11.1 Å². The molecular weight excluding hydrogens is 344 g/mol. The molecule has 0 saturated heterocycles. The van der Waals surface area contributed by atoms with E-state index >= 15 is 0 Å². The van der Waals surface area contributed by atoms with Gasteiger partial charge in [0.25, 0.3) is 5.91 Å². The zero-order chi connectivity index (χ0) is 18.3. The van der Waals surface area contributed by atoms with Gasteiger partial charge in [0.05, 0.1) is 5.69 Å². The van der Waals surface area contributed by atoms with Crippen LogP contribution >= 0.6 is 11.3 Å². The molecule has 2 aromatic heterocycles. The first kappa shape index (κ1) is 17.0. The van der Waals surface area contributed by atoms with E-state index in [-0.39, 0.29) is 5.91 Å². The molecule has 1 aliphatic heterocycles. The first-order chi connectivity index (χ1) is 12.5. The van der Waals surface area contributed by atoms with Crippen LogP contribution in [0.3, 0.4) is 0 Å². The largest absolute Gasteiger partial charge is 0.397 e. The summed E-state index contributed by atoms with van der Waals surface area (Å²) in [5, 5.41) is 3.83. The summed E-state index contributed by atoms with van der Waals surface area (Å²) in [6, 6.07) is 10.00. The van der Waals surface area contributed by atoms with Gasteiger partial charge in [-0.15, -0.1) is 11.3 Å². The second-order valence-electron chi connectivity index (χ2n) is 6.78. The first-order valence-electron chi connectivity index (χ1n) is 8.84. The van der Waals surface area contributed by atoms with Crippen LogP contribution in [0.1, 0.15) is 33.4 Å². The molecule has 3 aromatic rings. The lowest BCUT2D eigenvalue weighted by atomic mass is 10.0. The Morgan fingerprint density at radius 1 is 1.35 bits per heavy atom. The monoisotopic (exact) mass is 366 g/mol. The van der Waals surface area contributed by atoms with Crippen molar-refractivity contribution in [2.75, 3.05) is 24.6 Å². The molecule has 26 heavy (non-hydrogen) atoms. The number of nitrogens with zero attached hydrogens (tertiary/aromatic N) is 2. The van der Waals surface area contributed by atoms with Crippen LogP contribution in [-0.2, 0) is 19.4 Å². The Bertz CT molecular complexity index is 978. The SMILES string of the molecule is CCc1ccc(NC(=O)c2sc3nc4c(cc3c2N)CN(C)CC4)cc1. The van der Waals surface area contributed by atoms with E-state index in [1.165, 1.54) is 22.5 Å². The predicted molar refractivity (Wildman–Crippen MR) is 108 cm³/mol. The minimum absolute atomic E-state index is 0.176. The van der Waals surface area contributed by atoms with Gasteiger partial charge in [-0.3, -0.25) is 4.79 Å². The van der Waals surface area contributed by atoms with Crippen LogP contribution in [-0.4, -0.2) is 29.4 Å². The Morgan fingerprint density at radius 2 is 2.12 bits per heavy atom. The zero-order valence-corrected chi connectivity index (χ0v) is 15.8. The minimum Gasteiger partial charge on any atom is -0.397 e. The number of anilines is 2. The number of thiophene rings is 1. The van der Waals surface area contributed by atoms with Crippen molar-refractivity contribution in [1.82, 2.24) is 9.88 Å². The zero-order valence-electron chi connectivity index (χ0n) is 15.0. The van der Waals surface area contributed by atoms with Gasteiger partial charge in [0.1, 0.15) is 9.71 Å². The molecule has 0 spiro atoms. The summed E-state index contributed by atoms with van der Waals surface area (Å²) in [5.74, 6) is -0.176. The Labute approximate surface area is 156 Å². The van der Waals surface area contributed by atoms with Gasteiger partial charge < -0.3 is 16.0 Å². The summed E-state index contributed by atoms with van der Waals surface area (Å²) in [4.78, 5) is 21.1. The van der Waals surface area contributed by atoms with E-state index in [2.05, 4.69) is 30.3 Å². The van der Waals surface area contributed by atoms with Gasteiger partial charge in [-0.1, -0.05) is 19.1 Å². The van der Waals surface area contributed by atoms with Crippen molar-refractivity contribution in [3.63, 3.8) is 0 Å². The van der Waals surface area contributed by atoms with E-state index in [1.54, 1.807) is 0 Å². The summed E-state index contributed by atoms with van der Waals surface area (Å²) < 4.78 is 0. The standard InChI is InChI=1S/C20H22N4OS/c1-3-12-4-6-14(7-5-12)22-19(25)18-17(21)15-10-13-11-24(2)9-8-16(13)23-20(15)26-18/h4-7,10H,3,8-9,11,21H2,1-2H3,(H,22,25). The lowest BCUT2D eigenvalue weighted by Gasteiger charge is -2.24. The molecule has 4 rings (SSSR count). The van der Waals surface area contributed by atoms with Gasteiger partial charge >= 0.3 is 0 Å². The third kappa shape index (κ3) is 3.06. The maximum absolute atomic E-state index is 12.7. The lowest BCUT2D eigenvalue weighted by Crippen LogP contribution is -2.27. The Kier molecular flexibility index (Phi) is 4.38. The smallest absolute Gasteiger partial charge is 0.267 e. The van der Waals surface area contributed by atoms with Gasteiger partial charge in [-0.25, -0.2) is 4.98 Å². The number of hydrogen-bond donors (Lipinski definition) is 2. The predicted octanol–water partition coefficient (Wildman–Crippen LogP) is 3.68. The van der Waals surface area contributed by atoms with Crippen molar-refractivity contribution in [3.8, 4) is 0 Å². The van der Waals surface area contributed by atoms with Crippen LogP contribution in [0.2, 0.25) is 0 Å². The summed E-state index contributed by atoms with van der Waals surface area (Å²) in [6.45, 7) is 3.99. The average molecular weight is 366 g/mol. The first-order valence-corrected chi connectivity index (χ1v) is 9.66. The van der Waals surface area contributed by atoms with Crippen LogP contribution in [0.25, 0.3) is 10.2 Å². The third-order valence-electron chi connectivity index (χ3n) is 4.89. The fourth-order valence-corrected chi connectivity index (χ4v) is 4.31. The number of nitrogens with two attached hydrogens (primary N) is 1. The number of nitrogens with one attached hydrogen (secondary N) is 1. The van der Waals surface area contributed by atoms with E-state index in [1.807, 2.05) is 24.3 Å². The number of rotatable bonds is 3. The molecule has 0 bridgehead atoms. The molecule has 0 unspecified atom stereocenters. The van der Waals surface area contributed by atoms with Crippen LogP contribution in [0.5, 0.6) is 0 Å². The number of pyridine rings is 1. The molecule has 3 N–H and O–H groups in total. The number of aromatic nitrogens is 1. The molecule has 3 heterocycles. The van der Waals surface area contributed by atoms with Crippen LogP contribution in [0, 0.1) is 0 Å². The second kappa shape index (κ2) is 6.70. The van der Waals surface area contributed by atoms with Crippen LogP contribution in [0.15, 0.2) is 30.3 Å². The number of aryl methyl sites for hydroxylation is 1. The number of fused-ring (bicyclic) bond motifs is 2. The molecule has 0 aliphatic carbocycles. The minimum atomic E-state index is -0.176. The number of amides is 1. The van der Waals surface area contributed by atoms with Crippen molar-refractivity contribution in [1.29, 1.82) is 0 Å². The quantitative estimate of drug-likeness (QED) is 0.742. The van der Waals surface area contributed by atoms with Gasteiger partial charge in [-0.2, -0.15) is 0 Å². The Morgan fingerprint density at radius 3 is 2.85 bits per heavy atom. The Balaban J connectivity index is 1.65. The highest BCUT2D eigenvalue weighted by molar-refractivity contribution is 7.21. The van der Waals surface area contributed by atoms with Crippen LogP contribution in [0.4, 0.5) is 11.4 Å². The normalized spacial score (nSPS) is 14.4. The van der Waals surface area contributed by atoms with Crippen molar-refractivity contribution in [3.05, 3.63) is 52.0 Å². The molecule has 1 aliphatic rings. The Hall–Kier alpha value is -2.44. The highest BCUT2D eigenvalue weighted by atomic mass is 32.1. The molecule has 0 saturated carbocycles. The molecule has 0 radical (unpaired) electrons. The number of nitrogen functional groups attached to an aromatic ring is 1. The number of carbonyl (C=O) groups excluding carboxylic acids is 1. The number of benzene rings is 1. The highest BCUT2D eigenvalue weighted by Gasteiger charge is 2.21. The van der Waals surface area contributed by atoms with Gasteiger partial charge in [0.15, 0.2) is 0 Å². The molecule has 0 atom stereocenters. The second-order valence-corrected chi connectivity index (χ2v) is 7.78. The van der Waals surface area contributed by atoms with Gasteiger partial charge in [0, 0.05) is 36.3 Å². The van der Waals surface area contributed by atoms with E-state index in [0.29, 0.717) is 10.6 Å². The number of likely N-dealkylation sites (N-methyl/N-ethyl adjacent to an activating group) is 1. The van der Waals surface area contributed by atoms with Crippen molar-refractivity contribution < 1.29 is 4.79 Å². The van der Waals surface area contributed by atoms with Crippen molar-refractivity contribution >= 4 is 38.8 Å². The van der Waals surface area contributed by atoms with E-state index in [4.69, 9.17) is 10.7 Å². The van der Waals surface area contributed by atoms with E-state index < -0.39 is 0 Å². The fraction of sp³-hybridized carbons (Fsp3) is 0.300. The van der Waals surface area contributed by atoms with E-state index in [9.17, 15) is 4.79 Å². The highest BCUT2D eigenvalue weighted by Crippen LogP contribution is 2.35. The summed E-state index contributed by atoms with van der Waals surface area (Å²) in [6.07, 6.45) is 1.91. The third-order valence-corrected chi connectivity index (χ3v) is 6.00. The topological polar surface area (TPSA) is 71.2 Å².